The van der Waals surface area contributed by atoms with E-state index in [0.29, 0.717) is 39.4 Å². The summed E-state index contributed by atoms with van der Waals surface area (Å²) in [6.07, 6.45) is 3.59. The number of aromatic nitrogens is 4. The number of hydrogen-bond donors (Lipinski definition) is 5. The van der Waals surface area contributed by atoms with Gasteiger partial charge in [-0.2, -0.15) is 15.0 Å². The number of alkyl halides is 1. The van der Waals surface area contributed by atoms with Crippen molar-refractivity contribution in [3.8, 4) is 11.9 Å². The lowest BCUT2D eigenvalue weighted by Gasteiger charge is -2.32. The van der Waals surface area contributed by atoms with E-state index in [0.717, 1.165) is 17.7 Å². The maximum atomic E-state index is 14.8. The van der Waals surface area contributed by atoms with Gasteiger partial charge in [-0.15, -0.1) is 0 Å². The van der Waals surface area contributed by atoms with E-state index < -0.39 is 42.1 Å². The molecular formula is C34H33FN10O6. The monoisotopic (exact) mass is 696 g/mol. The summed E-state index contributed by atoms with van der Waals surface area (Å²) in [4.78, 5) is 60.0. The molecule has 4 amide bonds. The SMILES string of the molecule is N#Cc1cnc2c(cnn2-c2cc(NC3CC3)c(C(=O)NCC(F)COCCNc3cccc4c3C(O)N(C3CCC(=O)NC3=O)C4=O)cn2)c1. The van der Waals surface area contributed by atoms with Gasteiger partial charge in [0.15, 0.2) is 17.7 Å². The molecule has 1 saturated heterocycles. The highest BCUT2D eigenvalue weighted by atomic mass is 19.1. The van der Waals surface area contributed by atoms with E-state index in [4.69, 9.17) is 10.00 Å². The Labute approximate surface area is 290 Å². The van der Waals surface area contributed by atoms with Gasteiger partial charge in [-0.1, -0.05) is 6.07 Å². The predicted octanol–water partition coefficient (Wildman–Crippen LogP) is 1.71. The van der Waals surface area contributed by atoms with Crippen LogP contribution in [0.1, 0.15) is 63.8 Å². The van der Waals surface area contributed by atoms with Crippen LogP contribution in [-0.2, 0) is 14.3 Å². The number of piperidine rings is 1. The molecule has 0 spiro atoms. The zero-order chi connectivity index (χ0) is 35.6. The van der Waals surface area contributed by atoms with Crippen molar-refractivity contribution in [2.24, 2.45) is 0 Å². The lowest BCUT2D eigenvalue weighted by molar-refractivity contribution is -0.139. The zero-order valence-electron chi connectivity index (χ0n) is 27.1. The summed E-state index contributed by atoms with van der Waals surface area (Å²) in [6, 6.07) is 9.50. The van der Waals surface area contributed by atoms with Gasteiger partial charge in [-0.05, 0) is 37.5 Å². The standard InChI is InChI=1S/C34H33FN10O6/c35-20(17-51-9-8-37-24-3-1-2-22-29(24)34(50)44(33(22)49)26-6-7-28(46)43-32(26)48)15-40-31(47)23-16-38-27(11-25(23)42-21-4-5-21)45-30-19(14-41-45)10-18(12-36)13-39-30/h1-3,10-11,13-14,16,20-21,26,34,37,50H,4-9,15,17H2,(H,38,42)(H,40,47)(H,43,46,48). The van der Waals surface area contributed by atoms with Crippen molar-refractivity contribution in [1.82, 2.24) is 35.3 Å². The third-order valence-electron chi connectivity index (χ3n) is 8.81. The Morgan fingerprint density at radius 3 is 2.76 bits per heavy atom. The normalized spacial score (nSPS) is 19.0. The number of fused-ring (bicyclic) bond motifs is 2. The first-order valence-corrected chi connectivity index (χ1v) is 16.4. The Balaban J connectivity index is 0.908. The van der Waals surface area contributed by atoms with Crippen molar-refractivity contribution >= 4 is 46.0 Å². The van der Waals surface area contributed by atoms with Crippen LogP contribution in [0.15, 0.2) is 48.9 Å². The van der Waals surface area contributed by atoms with Gasteiger partial charge in [0, 0.05) is 59.7 Å². The maximum absolute atomic E-state index is 14.8. The second kappa shape index (κ2) is 14.1. The van der Waals surface area contributed by atoms with Crippen molar-refractivity contribution in [3.63, 3.8) is 0 Å². The van der Waals surface area contributed by atoms with Crippen LogP contribution in [0.3, 0.4) is 0 Å². The summed E-state index contributed by atoms with van der Waals surface area (Å²) >= 11 is 0. The lowest BCUT2D eigenvalue weighted by Crippen LogP contribution is -2.53. The molecule has 2 fully saturated rings. The van der Waals surface area contributed by atoms with Crippen LogP contribution in [0.5, 0.6) is 0 Å². The van der Waals surface area contributed by atoms with E-state index in [1.807, 2.05) is 6.07 Å². The molecule has 3 unspecified atom stereocenters. The number of hydrogen-bond acceptors (Lipinski definition) is 12. The second-order valence-electron chi connectivity index (χ2n) is 12.4. The van der Waals surface area contributed by atoms with E-state index in [1.54, 1.807) is 36.5 Å². The number of aliphatic hydroxyl groups is 1. The van der Waals surface area contributed by atoms with Crippen molar-refractivity contribution in [2.45, 2.75) is 50.2 Å². The van der Waals surface area contributed by atoms with Gasteiger partial charge in [-0.25, -0.2) is 14.4 Å². The molecule has 1 aliphatic carbocycles. The average Bonchev–Trinajstić information content (AvgIpc) is 3.78. The molecule has 2 aliphatic heterocycles. The molecule has 7 rings (SSSR count). The van der Waals surface area contributed by atoms with Crippen LogP contribution < -0.4 is 21.3 Å². The number of benzene rings is 1. The predicted molar refractivity (Wildman–Crippen MR) is 178 cm³/mol. The molecular weight excluding hydrogens is 663 g/mol. The minimum absolute atomic E-state index is 0.0590. The highest BCUT2D eigenvalue weighted by Crippen LogP contribution is 2.39. The van der Waals surface area contributed by atoms with Crippen molar-refractivity contribution in [3.05, 3.63) is 71.2 Å². The molecule has 1 aromatic carbocycles. The number of halogens is 1. The fourth-order valence-electron chi connectivity index (χ4n) is 6.12. The number of anilines is 2. The van der Waals surface area contributed by atoms with Gasteiger partial charge < -0.3 is 25.8 Å². The van der Waals surface area contributed by atoms with Crippen molar-refractivity contribution < 1.29 is 33.4 Å². The number of pyridine rings is 2. The number of rotatable bonds is 13. The van der Waals surface area contributed by atoms with Gasteiger partial charge in [0.25, 0.3) is 11.8 Å². The highest BCUT2D eigenvalue weighted by molar-refractivity contribution is 6.06. The number of nitriles is 1. The molecule has 4 aromatic rings. The van der Waals surface area contributed by atoms with Crippen molar-refractivity contribution in [1.29, 1.82) is 5.26 Å². The smallest absolute Gasteiger partial charge is 0.257 e. The van der Waals surface area contributed by atoms with Gasteiger partial charge in [-0.3, -0.25) is 29.4 Å². The highest BCUT2D eigenvalue weighted by Gasteiger charge is 2.45. The number of aliphatic hydroxyl groups excluding tert-OH is 1. The summed E-state index contributed by atoms with van der Waals surface area (Å²) in [5, 5.41) is 36.4. The minimum atomic E-state index is -1.51. The summed E-state index contributed by atoms with van der Waals surface area (Å²) < 4.78 is 21.8. The Morgan fingerprint density at radius 2 is 1.98 bits per heavy atom. The third kappa shape index (κ3) is 6.91. The Hall–Kier alpha value is -5.99. The summed E-state index contributed by atoms with van der Waals surface area (Å²) in [5.41, 5.74) is 2.67. The van der Waals surface area contributed by atoms with E-state index in [2.05, 4.69) is 36.3 Å². The first-order valence-electron chi connectivity index (χ1n) is 16.4. The Morgan fingerprint density at radius 1 is 1.14 bits per heavy atom. The summed E-state index contributed by atoms with van der Waals surface area (Å²) in [7, 11) is 0. The number of nitrogens with one attached hydrogen (secondary N) is 4. The van der Waals surface area contributed by atoms with Gasteiger partial charge >= 0.3 is 0 Å². The van der Waals surface area contributed by atoms with Crippen LogP contribution in [0.2, 0.25) is 0 Å². The zero-order valence-corrected chi connectivity index (χ0v) is 27.1. The van der Waals surface area contributed by atoms with Gasteiger partial charge in [0.1, 0.15) is 18.3 Å². The van der Waals surface area contributed by atoms with Gasteiger partial charge in [0.05, 0.1) is 42.8 Å². The first kappa shape index (κ1) is 33.5. The number of nitrogens with zero attached hydrogens (tertiary/aromatic N) is 6. The molecule has 3 aliphatic rings. The molecule has 0 bridgehead atoms. The Kier molecular flexibility index (Phi) is 9.26. The first-order chi connectivity index (χ1) is 24.7. The quantitative estimate of drug-likeness (QED) is 0.0998. The van der Waals surface area contributed by atoms with Crippen molar-refractivity contribution in [2.75, 3.05) is 36.9 Å². The molecule has 51 heavy (non-hydrogen) atoms. The topological polar surface area (TPSA) is 216 Å². The van der Waals surface area contributed by atoms with Crippen LogP contribution in [0, 0.1) is 11.3 Å². The van der Waals surface area contributed by atoms with E-state index in [9.17, 15) is 28.7 Å². The average molecular weight is 697 g/mol. The minimum Gasteiger partial charge on any atom is -0.382 e. The van der Waals surface area contributed by atoms with E-state index in [-0.39, 0.29) is 56.3 Å². The molecule has 16 nitrogen and oxygen atoms in total. The largest absolute Gasteiger partial charge is 0.382 e. The summed E-state index contributed by atoms with van der Waals surface area (Å²) in [6.45, 7) is -0.308. The van der Waals surface area contributed by atoms with Crippen LogP contribution in [0.25, 0.3) is 16.9 Å². The summed E-state index contributed by atoms with van der Waals surface area (Å²) in [5.74, 6) is -1.67. The van der Waals surface area contributed by atoms with Crippen LogP contribution in [-0.4, -0.2) is 97.9 Å². The molecule has 5 N–H and O–H groups in total. The van der Waals surface area contributed by atoms with Crippen LogP contribution in [0.4, 0.5) is 15.8 Å². The number of amides is 4. The number of ether oxygens (including phenoxy) is 1. The fraction of sp³-hybridized carbons (Fsp3) is 0.353. The van der Waals surface area contributed by atoms with Gasteiger partial charge in [0.2, 0.25) is 11.8 Å². The molecule has 3 aromatic heterocycles. The molecule has 0 radical (unpaired) electrons. The molecule has 1 saturated carbocycles. The lowest BCUT2D eigenvalue weighted by atomic mass is 10.0. The van der Waals surface area contributed by atoms with E-state index in [1.165, 1.54) is 17.1 Å². The Bertz CT molecular complexity index is 2080. The molecule has 17 heteroatoms. The fourth-order valence-corrected chi connectivity index (χ4v) is 6.12. The maximum Gasteiger partial charge on any atom is 0.257 e. The number of imide groups is 1. The molecule has 3 atom stereocenters. The van der Waals surface area contributed by atoms with Crippen LogP contribution >= 0.6 is 0 Å². The molecule has 262 valence electrons. The molecule has 5 heterocycles. The number of carbonyl (C=O) groups excluding carboxylic acids is 4. The number of carbonyl (C=O) groups is 4. The third-order valence-corrected chi connectivity index (χ3v) is 8.81. The van der Waals surface area contributed by atoms with E-state index >= 15 is 0 Å². The second-order valence-corrected chi connectivity index (χ2v) is 12.4.